The normalized spacial score (nSPS) is 15.8. The van der Waals surface area contributed by atoms with Gasteiger partial charge in [0.05, 0.1) is 34.6 Å². The second kappa shape index (κ2) is 15.3. The smallest absolute Gasteiger partial charge is 0.119 e. The largest absolute Gasteiger partial charge is 0.491 e. The van der Waals surface area contributed by atoms with Crippen LogP contribution in [0.2, 0.25) is 0 Å². The average molecular weight is 602 g/mol. The van der Waals surface area contributed by atoms with Gasteiger partial charge in [-0.25, -0.2) is 9.98 Å². The summed E-state index contributed by atoms with van der Waals surface area (Å²) in [5.41, 5.74) is 12.1. The molecule has 1 atom stereocenters. The van der Waals surface area contributed by atoms with Crippen molar-refractivity contribution in [1.82, 2.24) is 24.6 Å². The lowest BCUT2D eigenvalue weighted by Gasteiger charge is -2.41. The van der Waals surface area contributed by atoms with Crippen LogP contribution >= 0.6 is 0 Å². The molecule has 1 unspecified atom stereocenters. The summed E-state index contributed by atoms with van der Waals surface area (Å²) in [6.07, 6.45) is 14.7. The van der Waals surface area contributed by atoms with Crippen molar-refractivity contribution < 1.29 is 9.84 Å². The first-order valence-electron chi connectivity index (χ1n) is 16.3. The molecule has 3 N–H and O–H groups in total. The number of likely N-dealkylation sites (tertiary alicyclic amines) is 1. The summed E-state index contributed by atoms with van der Waals surface area (Å²) in [5, 5.41) is 15.2. The number of nitrogens with zero attached hydrogens (tertiary/aromatic N) is 6. The Bertz CT molecular complexity index is 1440. The molecule has 4 rings (SSSR count). The molecule has 1 aromatic carbocycles. The summed E-state index contributed by atoms with van der Waals surface area (Å²) < 4.78 is 7.83. The van der Waals surface area contributed by atoms with Gasteiger partial charge in [0.1, 0.15) is 23.9 Å². The van der Waals surface area contributed by atoms with E-state index in [1.165, 1.54) is 0 Å². The molecule has 0 radical (unpaired) electrons. The van der Waals surface area contributed by atoms with E-state index in [1.807, 2.05) is 56.8 Å². The van der Waals surface area contributed by atoms with Gasteiger partial charge in [-0.2, -0.15) is 5.10 Å². The van der Waals surface area contributed by atoms with E-state index in [-0.39, 0.29) is 5.92 Å². The SMILES string of the molecule is CCC=C(N)c1nc(C2CN(C(CCC)=Nc3ccc(OCC(O)(CC)CCCC)cc3C)C2)cnc1Cc1cnn(C)c1. The lowest BCUT2D eigenvalue weighted by molar-refractivity contribution is -0.0169. The van der Waals surface area contributed by atoms with Crippen molar-refractivity contribution in [3.8, 4) is 5.75 Å². The van der Waals surface area contributed by atoms with Crippen molar-refractivity contribution in [3.63, 3.8) is 0 Å². The second-order valence-electron chi connectivity index (χ2n) is 12.2. The number of hydrogen-bond acceptors (Lipinski definition) is 7. The number of aliphatic imine (C=N–C) groups is 1. The van der Waals surface area contributed by atoms with Crippen LogP contribution in [-0.4, -0.2) is 60.9 Å². The zero-order chi connectivity index (χ0) is 31.7. The number of benzene rings is 1. The minimum absolute atomic E-state index is 0.270. The summed E-state index contributed by atoms with van der Waals surface area (Å²) in [7, 11) is 1.91. The fourth-order valence-electron chi connectivity index (χ4n) is 5.50. The summed E-state index contributed by atoms with van der Waals surface area (Å²) in [4.78, 5) is 17.3. The third kappa shape index (κ3) is 8.46. The number of aliphatic hydroxyl groups is 1. The standard InChI is InChI=1S/C35H51N7O2/c1-7-11-16-35(43,10-4)24-44-28-14-15-30(25(5)17-28)39-33(13-9-3)42-22-27(23-42)32-20-37-31(18-26-19-38-41(6)21-26)34(40-32)29(36)12-8-2/h12,14-15,17,19-21,27,43H,7-11,13,16,18,22-24,36H2,1-6H3. The van der Waals surface area contributed by atoms with Crippen LogP contribution in [-0.2, 0) is 13.5 Å². The van der Waals surface area contributed by atoms with Gasteiger partial charge < -0.3 is 20.5 Å². The Hall–Kier alpha value is -3.72. The Morgan fingerprint density at radius 2 is 1.98 bits per heavy atom. The maximum absolute atomic E-state index is 10.9. The van der Waals surface area contributed by atoms with Crippen molar-refractivity contribution >= 4 is 17.2 Å². The lowest BCUT2D eigenvalue weighted by Crippen LogP contribution is -2.48. The van der Waals surface area contributed by atoms with E-state index in [9.17, 15) is 5.11 Å². The van der Waals surface area contributed by atoms with Crippen molar-refractivity contribution in [1.29, 1.82) is 0 Å². The molecule has 44 heavy (non-hydrogen) atoms. The quantitative estimate of drug-likeness (QED) is 0.152. The number of unbranched alkanes of at least 4 members (excludes halogenated alkanes) is 1. The van der Waals surface area contributed by atoms with Gasteiger partial charge >= 0.3 is 0 Å². The highest BCUT2D eigenvalue weighted by Gasteiger charge is 2.32. The van der Waals surface area contributed by atoms with E-state index in [0.29, 0.717) is 25.1 Å². The van der Waals surface area contributed by atoms with Crippen LogP contribution in [0.3, 0.4) is 0 Å². The Morgan fingerprint density at radius 1 is 1.18 bits per heavy atom. The number of hydrogen-bond donors (Lipinski definition) is 2. The van der Waals surface area contributed by atoms with Gasteiger partial charge in [-0.1, -0.05) is 46.6 Å². The molecule has 1 aliphatic rings. The maximum Gasteiger partial charge on any atom is 0.119 e. The molecule has 0 aliphatic carbocycles. The Balaban J connectivity index is 1.45. The van der Waals surface area contributed by atoms with Gasteiger partial charge in [0.2, 0.25) is 0 Å². The van der Waals surface area contributed by atoms with Crippen LogP contribution in [0.15, 0.2) is 47.9 Å². The number of amidine groups is 1. The van der Waals surface area contributed by atoms with Crippen LogP contribution in [0.1, 0.15) is 107 Å². The minimum atomic E-state index is -0.786. The first kappa shape index (κ1) is 33.2. The van der Waals surface area contributed by atoms with Crippen molar-refractivity contribution in [2.75, 3.05) is 19.7 Å². The van der Waals surface area contributed by atoms with E-state index >= 15 is 0 Å². The topological polar surface area (TPSA) is 115 Å². The summed E-state index contributed by atoms with van der Waals surface area (Å²) in [6.45, 7) is 12.5. The van der Waals surface area contributed by atoms with E-state index in [1.54, 1.807) is 4.68 Å². The number of allylic oxidation sites excluding steroid dienone is 1. The molecular weight excluding hydrogens is 550 g/mol. The molecule has 9 nitrogen and oxygen atoms in total. The predicted octanol–water partition coefficient (Wildman–Crippen LogP) is 6.46. The molecule has 2 aromatic heterocycles. The Morgan fingerprint density at radius 3 is 2.61 bits per heavy atom. The number of nitrogens with two attached hydrogens (primary N) is 1. The molecule has 0 bridgehead atoms. The monoisotopic (exact) mass is 601 g/mol. The Kier molecular flexibility index (Phi) is 11.6. The van der Waals surface area contributed by atoms with E-state index in [2.05, 4.69) is 37.7 Å². The molecule has 0 saturated carbocycles. The maximum atomic E-state index is 10.9. The molecule has 1 aliphatic heterocycles. The van der Waals surface area contributed by atoms with Crippen molar-refractivity contribution in [2.45, 2.75) is 97.5 Å². The summed E-state index contributed by atoms with van der Waals surface area (Å²) in [5.74, 6) is 2.13. The first-order chi connectivity index (χ1) is 21.2. The van der Waals surface area contributed by atoms with Crippen LogP contribution in [0.25, 0.3) is 5.70 Å². The molecule has 1 fully saturated rings. The fraction of sp³-hybridized carbons (Fsp3) is 0.543. The molecule has 9 heteroatoms. The predicted molar refractivity (Wildman–Crippen MR) is 178 cm³/mol. The van der Waals surface area contributed by atoms with E-state index in [4.69, 9.17) is 25.4 Å². The lowest BCUT2D eigenvalue weighted by atomic mass is 9.95. The molecule has 0 amide bonds. The van der Waals surface area contributed by atoms with Gasteiger partial charge in [-0.3, -0.25) is 9.67 Å². The highest BCUT2D eigenvalue weighted by molar-refractivity contribution is 5.86. The number of aryl methyl sites for hydroxylation is 2. The summed E-state index contributed by atoms with van der Waals surface area (Å²) in [6, 6.07) is 6.01. The Labute approximate surface area is 263 Å². The van der Waals surface area contributed by atoms with Crippen molar-refractivity contribution in [2.24, 2.45) is 17.8 Å². The highest BCUT2D eigenvalue weighted by atomic mass is 16.5. The minimum Gasteiger partial charge on any atom is -0.491 e. The zero-order valence-electron chi connectivity index (χ0n) is 27.5. The number of ether oxygens (including phenoxy) is 1. The molecule has 0 spiro atoms. The van der Waals surface area contributed by atoms with Crippen molar-refractivity contribution in [3.05, 3.63) is 71.1 Å². The second-order valence-corrected chi connectivity index (χ2v) is 12.2. The molecule has 238 valence electrons. The van der Waals surface area contributed by atoms with E-state index in [0.717, 1.165) is 97.1 Å². The number of aromatic nitrogens is 4. The molecule has 1 saturated heterocycles. The summed E-state index contributed by atoms with van der Waals surface area (Å²) >= 11 is 0. The average Bonchev–Trinajstić information content (AvgIpc) is 3.40. The molecular formula is C35H51N7O2. The number of rotatable bonds is 15. The molecule has 3 aromatic rings. The first-order valence-corrected chi connectivity index (χ1v) is 16.3. The third-order valence-corrected chi connectivity index (χ3v) is 8.41. The van der Waals surface area contributed by atoms with Gasteiger partial charge in [0, 0.05) is 51.3 Å². The van der Waals surface area contributed by atoms with Gasteiger partial charge in [-0.05, 0) is 61.9 Å². The van der Waals surface area contributed by atoms with Crippen LogP contribution in [0.5, 0.6) is 5.75 Å². The fourth-order valence-corrected chi connectivity index (χ4v) is 5.50. The van der Waals surface area contributed by atoms with Crippen LogP contribution < -0.4 is 10.5 Å². The van der Waals surface area contributed by atoms with Crippen LogP contribution in [0, 0.1) is 6.92 Å². The highest BCUT2D eigenvalue weighted by Crippen LogP contribution is 2.31. The van der Waals surface area contributed by atoms with Gasteiger partial charge in [-0.15, -0.1) is 0 Å². The van der Waals surface area contributed by atoms with E-state index < -0.39 is 5.60 Å². The van der Waals surface area contributed by atoms with Gasteiger partial charge in [0.15, 0.2) is 0 Å². The third-order valence-electron chi connectivity index (χ3n) is 8.41. The molecule has 3 heterocycles. The van der Waals surface area contributed by atoms with Gasteiger partial charge in [0.25, 0.3) is 0 Å². The van der Waals surface area contributed by atoms with Crippen LogP contribution in [0.4, 0.5) is 5.69 Å². The zero-order valence-corrected chi connectivity index (χ0v) is 27.5.